The Kier molecular flexibility index (Phi) is 6.90. The van der Waals surface area contributed by atoms with Crippen LogP contribution in [-0.2, 0) is 9.59 Å². The molecular formula is C24H31N5O3. The Hall–Kier alpha value is -3.13. The molecule has 8 nitrogen and oxygen atoms in total. The molecule has 0 radical (unpaired) electrons. The van der Waals surface area contributed by atoms with Crippen molar-refractivity contribution in [1.82, 2.24) is 20.1 Å². The summed E-state index contributed by atoms with van der Waals surface area (Å²) in [6.07, 6.45) is 5.55. The van der Waals surface area contributed by atoms with E-state index in [2.05, 4.69) is 15.2 Å². The van der Waals surface area contributed by atoms with Gasteiger partial charge in [0.25, 0.3) is 5.91 Å². The Morgan fingerprint density at radius 2 is 1.69 bits per heavy atom. The molecule has 1 unspecified atom stereocenters. The second-order valence-electron chi connectivity index (χ2n) is 8.62. The first-order chi connectivity index (χ1) is 15.5. The number of nitrogens with two attached hydrogens (primary N) is 1. The van der Waals surface area contributed by atoms with Crippen molar-refractivity contribution in [2.75, 3.05) is 26.2 Å². The minimum atomic E-state index is -0.832. The molecule has 1 aromatic heterocycles. The summed E-state index contributed by atoms with van der Waals surface area (Å²) >= 11 is 0. The zero-order valence-corrected chi connectivity index (χ0v) is 18.2. The Balaban J connectivity index is 1.40. The fraction of sp³-hybridized carbons (Fsp3) is 0.458. The molecule has 3 atom stereocenters. The van der Waals surface area contributed by atoms with E-state index in [0.717, 1.165) is 38.8 Å². The van der Waals surface area contributed by atoms with Gasteiger partial charge < -0.3 is 20.9 Å². The van der Waals surface area contributed by atoms with Gasteiger partial charge in [0.2, 0.25) is 11.8 Å². The molecule has 2 aliphatic rings. The first-order valence-corrected chi connectivity index (χ1v) is 11.4. The number of amides is 3. The van der Waals surface area contributed by atoms with Gasteiger partial charge in [-0.15, -0.1) is 0 Å². The van der Waals surface area contributed by atoms with Gasteiger partial charge in [0.1, 0.15) is 11.7 Å². The molecule has 0 bridgehead atoms. The van der Waals surface area contributed by atoms with E-state index in [-0.39, 0.29) is 23.8 Å². The number of hydrogen-bond acceptors (Lipinski definition) is 4. The molecule has 1 saturated carbocycles. The third kappa shape index (κ3) is 4.85. The van der Waals surface area contributed by atoms with Gasteiger partial charge in [-0.1, -0.05) is 43.2 Å². The minimum absolute atomic E-state index is 0.0137. The fourth-order valence-corrected chi connectivity index (χ4v) is 4.96. The van der Waals surface area contributed by atoms with Crippen molar-refractivity contribution in [3.8, 4) is 0 Å². The zero-order chi connectivity index (χ0) is 22.5. The summed E-state index contributed by atoms with van der Waals surface area (Å²) in [4.78, 5) is 45.1. The van der Waals surface area contributed by atoms with E-state index in [4.69, 9.17) is 5.73 Å². The summed E-state index contributed by atoms with van der Waals surface area (Å²) in [5.74, 6) is -0.861. The largest absolute Gasteiger partial charge is 0.368 e. The lowest BCUT2D eigenvalue weighted by Crippen LogP contribution is -2.56. The summed E-state index contributed by atoms with van der Waals surface area (Å²) in [6.45, 7) is 2.74. The van der Waals surface area contributed by atoms with E-state index in [9.17, 15) is 14.4 Å². The van der Waals surface area contributed by atoms with Gasteiger partial charge >= 0.3 is 0 Å². The van der Waals surface area contributed by atoms with E-state index < -0.39 is 11.9 Å². The van der Waals surface area contributed by atoms with Crippen LogP contribution in [0.5, 0.6) is 0 Å². The van der Waals surface area contributed by atoms with Gasteiger partial charge in [-0.25, -0.2) is 0 Å². The maximum Gasteiger partial charge on any atom is 0.270 e. The van der Waals surface area contributed by atoms with Gasteiger partial charge in [-0.2, -0.15) is 0 Å². The van der Waals surface area contributed by atoms with Crippen molar-refractivity contribution in [2.24, 2.45) is 11.7 Å². The normalized spacial score (nSPS) is 22.8. The molecule has 4 N–H and O–H groups in total. The number of H-pyrrole nitrogens is 1. The Morgan fingerprint density at radius 1 is 0.969 bits per heavy atom. The molecule has 4 rings (SSSR count). The fourth-order valence-electron chi connectivity index (χ4n) is 4.96. The highest BCUT2D eigenvalue weighted by Gasteiger charge is 2.38. The van der Waals surface area contributed by atoms with E-state index >= 15 is 0 Å². The molecule has 0 spiro atoms. The van der Waals surface area contributed by atoms with Gasteiger partial charge in [-0.05, 0) is 30.5 Å². The number of aromatic amines is 1. The molecule has 2 fully saturated rings. The van der Waals surface area contributed by atoms with Crippen LogP contribution in [0, 0.1) is 5.92 Å². The molecule has 8 heteroatoms. The Labute approximate surface area is 188 Å². The zero-order valence-electron chi connectivity index (χ0n) is 18.2. The summed E-state index contributed by atoms with van der Waals surface area (Å²) in [6, 6.07) is 12.0. The molecule has 2 heterocycles. The van der Waals surface area contributed by atoms with Crippen molar-refractivity contribution in [3.05, 3.63) is 59.9 Å². The molecule has 2 aromatic rings. The number of piperazine rings is 1. The lowest BCUT2D eigenvalue weighted by Gasteiger charge is -2.43. The van der Waals surface area contributed by atoms with Crippen LogP contribution < -0.4 is 11.1 Å². The van der Waals surface area contributed by atoms with Crippen LogP contribution in [0.4, 0.5) is 0 Å². The van der Waals surface area contributed by atoms with E-state index in [1.54, 1.807) is 24.4 Å². The number of hydrogen-bond donors (Lipinski definition) is 3. The highest BCUT2D eigenvalue weighted by atomic mass is 16.2. The number of nitrogens with one attached hydrogen (secondary N) is 2. The number of carbonyl (C=O) groups is 3. The maximum absolute atomic E-state index is 13.3. The summed E-state index contributed by atoms with van der Waals surface area (Å²) in [7, 11) is 0. The third-order valence-corrected chi connectivity index (χ3v) is 6.67. The average Bonchev–Trinajstić information content (AvgIpc) is 3.37. The quantitative estimate of drug-likeness (QED) is 0.638. The topological polar surface area (TPSA) is 112 Å². The highest BCUT2D eigenvalue weighted by Crippen LogP contribution is 2.30. The molecular weight excluding hydrogens is 406 g/mol. The lowest BCUT2D eigenvalue weighted by atomic mass is 9.82. The highest BCUT2D eigenvalue weighted by molar-refractivity contribution is 5.92. The van der Waals surface area contributed by atoms with Crippen LogP contribution >= 0.6 is 0 Å². The molecule has 170 valence electrons. The average molecular weight is 438 g/mol. The Bertz CT molecular complexity index is 922. The maximum atomic E-state index is 13.3. The first kappa shape index (κ1) is 22.1. The number of benzene rings is 1. The smallest absolute Gasteiger partial charge is 0.270 e. The van der Waals surface area contributed by atoms with Crippen molar-refractivity contribution < 1.29 is 14.4 Å². The van der Waals surface area contributed by atoms with Crippen molar-refractivity contribution >= 4 is 17.7 Å². The number of aromatic nitrogens is 1. The van der Waals surface area contributed by atoms with Crippen LogP contribution in [-0.4, -0.2) is 64.7 Å². The lowest BCUT2D eigenvalue weighted by molar-refractivity contribution is -0.133. The summed E-state index contributed by atoms with van der Waals surface area (Å²) < 4.78 is 0. The SMILES string of the molecule is NC(=O)[C@@H](NC(=O)[C@@H]1CCCCC1N1CCN(C(=O)c2ccc[nH]2)CC1)c1ccccc1. The third-order valence-electron chi connectivity index (χ3n) is 6.67. The van der Waals surface area contributed by atoms with Gasteiger partial charge in [0.15, 0.2) is 0 Å². The van der Waals surface area contributed by atoms with E-state index in [1.165, 1.54) is 0 Å². The number of primary amides is 1. The molecule has 32 heavy (non-hydrogen) atoms. The summed E-state index contributed by atoms with van der Waals surface area (Å²) in [5.41, 5.74) is 6.90. The molecule has 1 aliphatic carbocycles. The minimum Gasteiger partial charge on any atom is -0.368 e. The standard InChI is InChI=1S/C24H31N5O3/c25-22(30)21(17-7-2-1-3-8-17)27-23(31)18-9-4-5-11-20(18)28-13-15-29(16-14-28)24(32)19-10-6-12-26-19/h1-3,6-8,10,12,18,20-21,26H,4-5,9,11,13-16H2,(H2,25,30)(H,27,31)/t18-,20?,21+/m1/s1. The first-order valence-electron chi connectivity index (χ1n) is 11.4. The van der Waals surface area contributed by atoms with Crippen LogP contribution in [0.3, 0.4) is 0 Å². The second kappa shape index (κ2) is 9.99. The predicted molar refractivity (Wildman–Crippen MR) is 121 cm³/mol. The monoisotopic (exact) mass is 437 g/mol. The number of nitrogens with zero attached hydrogens (tertiary/aromatic N) is 2. The number of rotatable bonds is 6. The van der Waals surface area contributed by atoms with Crippen LogP contribution in [0.15, 0.2) is 48.7 Å². The molecule has 1 aliphatic heterocycles. The Morgan fingerprint density at radius 3 is 2.34 bits per heavy atom. The molecule has 3 amide bonds. The van der Waals surface area contributed by atoms with Crippen molar-refractivity contribution in [2.45, 2.75) is 37.8 Å². The van der Waals surface area contributed by atoms with E-state index in [1.807, 2.05) is 29.2 Å². The molecule has 1 aromatic carbocycles. The number of carbonyl (C=O) groups excluding carboxylic acids is 3. The van der Waals surface area contributed by atoms with Crippen molar-refractivity contribution in [1.29, 1.82) is 0 Å². The molecule has 1 saturated heterocycles. The van der Waals surface area contributed by atoms with Crippen molar-refractivity contribution in [3.63, 3.8) is 0 Å². The van der Waals surface area contributed by atoms with Gasteiger partial charge in [-0.3, -0.25) is 19.3 Å². The summed E-state index contributed by atoms with van der Waals surface area (Å²) in [5, 5.41) is 2.91. The van der Waals surface area contributed by atoms with Gasteiger partial charge in [0.05, 0.1) is 5.92 Å². The predicted octanol–water partition coefficient (Wildman–Crippen LogP) is 1.67. The van der Waals surface area contributed by atoms with Crippen LogP contribution in [0.1, 0.15) is 47.8 Å². The van der Waals surface area contributed by atoms with Crippen LogP contribution in [0.2, 0.25) is 0 Å². The van der Waals surface area contributed by atoms with Gasteiger partial charge in [0, 0.05) is 38.4 Å². The van der Waals surface area contributed by atoms with Crippen LogP contribution in [0.25, 0.3) is 0 Å². The van der Waals surface area contributed by atoms with E-state index in [0.29, 0.717) is 24.3 Å². The second-order valence-corrected chi connectivity index (χ2v) is 8.62.